The Hall–Kier alpha value is -1.56. The molecule has 0 bridgehead atoms. The number of aliphatic hydroxyl groups is 1. The number of rotatable bonds is 5. The summed E-state index contributed by atoms with van der Waals surface area (Å²) in [5, 5.41) is 15.3. The van der Waals surface area contributed by atoms with Crippen LogP contribution >= 0.6 is 22.9 Å². The molecule has 1 amide bonds. The smallest absolute Gasteiger partial charge is 0.256 e. The van der Waals surface area contributed by atoms with Crippen molar-refractivity contribution >= 4 is 28.8 Å². The van der Waals surface area contributed by atoms with Gasteiger partial charge in [-0.1, -0.05) is 23.7 Å². The molecular formula is C15H16ClNO3S. The zero-order valence-electron chi connectivity index (χ0n) is 11.7. The third-order valence-corrected chi connectivity index (χ3v) is 4.51. The van der Waals surface area contributed by atoms with Gasteiger partial charge in [-0.15, -0.1) is 11.3 Å². The van der Waals surface area contributed by atoms with Crippen molar-refractivity contribution in [1.29, 1.82) is 0 Å². The lowest BCUT2D eigenvalue weighted by atomic mass is 10.0. The Morgan fingerprint density at radius 3 is 2.81 bits per heavy atom. The first-order valence-electron chi connectivity index (χ1n) is 6.33. The van der Waals surface area contributed by atoms with Crippen LogP contribution in [0.15, 0.2) is 35.7 Å². The maximum absolute atomic E-state index is 12.3. The van der Waals surface area contributed by atoms with E-state index in [4.69, 9.17) is 16.3 Å². The minimum absolute atomic E-state index is 0.0841. The molecular weight excluding hydrogens is 310 g/mol. The van der Waals surface area contributed by atoms with Gasteiger partial charge in [-0.3, -0.25) is 4.79 Å². The van der Waals surface area contributed by atoms with Crippen LogP contribution in [0.1, 0.15) is 22.2 Å². The van der Waals surface area contributed by atoms with Crippen LogP contribution in [-0.4, -0.2) is 24.7 Å². The molecule has 0 fully saturated rings. The number of halogens is 1. The standard InChI is InChI=1S/C15H16ClNO3S/c1-15(19,12-7-4-8-21-12)9-17-14(18)13-10(16)5-3-6-11(13)20-2/h3-8,19H,9H2,1-2H3,(H,17,18). The maximum Gasteiger partial charge on any atom is 0.256 e. The molecule has 0 aliphatic heterocycles. The number of hydrogen-bond acceptors (Lipinski definition) is 4. The molecule has 0 spiro atoms. The number of benzene rings is 1. The van der Waals surface area contributed by atoms with Crippen molar-refractivity contribution in [2.24, 2.45) is 0 Å². The molecule has 21 heavy (non-hydrogen) atoms. The van der Waals surface area contributed by atoms with Gasteiger partial charge >= 0.3 is 0 Å². The minimum atomic E-state index is -1.13. The normalized spacial score (nSPS) is 13.5. The monoisotopic (exact) mass is 325 g/mol. The van der Waals surface area contributed by atoms with Crippen LogP contribution in [-0.2, 0) is 5.60 Å². The van der Waals surface area contributed by atoms with Gasteiger partial charge in [0.2, 0.25) is 0 Å². The second-order valence-electron chi connectivity index (χ2n) is 4.75. The summed E-state index contributed by atoms with van der Waals surface area (Å²) in [5.74, 6) is 0.0186. The molecule has 2 rings (SSSR count). The molecule has 0 saturated heterocycles. The van der Waals surface area contributed by atoms with E-state index >= 15 is 0 Å². The summed E-state index contributed by atoms with van der Waals surface area (Å²) in [7, 11) is 1.48. The van der Waals surface area contributed by atoms with Gasteiger partial charge in [-0.2, -0.15) is 0 Å². The van der Waals surface area contributed by atoms with Crippen LogP contribution < -0.4 is 10.1 Å². The fraction of sp³-hybridized carbons (Fsp3) is 0.267. The van der Waals surface area contributed by atoms with Crippen molar-refractivity contribution in [2.75, 3.05) is 13.7 Å². The first-order valence-corrected chi connectivity index (χ1v) is 7.58. The predicted molar refractivity (Wildman–Crippen MR) is 84.2 cm³/mol. The topological polar surface area (TPSA) is 58.6 Å². The highest BCUT2D eigenvalue weighted by Crippen LogP contribution is 2.27. The number of carbonyl (C=O) groups is 1. The van der Waals surface area contributed by atoms with E-state index in [0.29, 0.717) is 10.8 Å². The van der Waals surface area contributed by atoms with Crippen molar-refractivity contribution in [2.45, 2.75) is 12.5 Å². The summed E-state index contributed by atoms with van der Waals surface area (Å²) in [6.45, 7) is 1.74. The van der Waals surface area contributed by atoms with Crippen molar-refractivity contribution < 1.29 is 14.6 Å². The van der Waals surface area contributed by atoms with Crippen molar-refractivity contribution in [3.05, 3.63) is 51.2 Å². The molecule has 112 valence electrons. The van der Waals surface area contributed by atoms with Crippen LogP contribution in [0.25, 0.3) is 0 Å². The summed E-state index contributed by atoms with van der Waals surface area (Å²) < 4.78 is 5.15. The lowest BCUT2D eigenvalue weighted by molar-refractivity contribution is 0.0556. The van der Waals surface area contributed by atoms with Crippen LogP contribution in [0, 0.1) is 0 Å². The predicted octanol–water partition coefficient (Wildman–Crippen LogP) is 3.05. The van der Waals surface area contributed by atoms with Crippen LogP contribution in [0.5, 0.6) is 5.75 Å². The molecule has 1 unspecified atom stereocenters. The van der Waals surface area contributed by atoms with E-state index in [1.165, 1.54) is 18.4 Å². The highest BCUT2D eigenvalue weighted by molar-refractivity contribution is 7.10. The Bertz CT molecular complexity index is 626. The number of hydrogen-bond donors (Lipinski definition) is 2. The third kappa shape index (κ3) is 3.56. The largest absolute Gasteiger partial charge is 0.496 e. The molecule has 1 atom stereocenters. The number of methoxy groups -OCH3 is 1. The second kappa shape index (κ2) is 6.47. The number of nitrogens with one attached hydrogen (secondary N) is 1. The Balaban J connectivity index is 2.13. The molecule has 6 heteroatoms. The molecule has 0 aliphatic rings. The Kier molecular flexibility index (Phi) is 4.88. The van der Waals surface area contributed by atoms with E-state index in [-0.39, 0.29) is 18.0 Å². The summed E-state index contributed by atoms with van der Waals surface area (Å²) in [4.78, 5) is 13.1. The number of carbonyl (C=O) groups excluding carboxylic acids is 1. The van der Waals surface area contributed by atoms with E-state index in [0.717, 1.165) is 4.88 Å². The highest BCUT2D eigenvalue weighted by atomic mass is 35.5. The fourth-order valence-corrected chi connectivity index (χ4v) is 2.95. The quantitative estimate of drug-likeness (QED) is 0.888. The van der Waals surface area contributed by atoms with E-state index in [1.54, 1.807) is 25.1 Å². The number of amides is 1. The van der Waals surface area contributed by atoms with Gasteiger partial charge in [-0.25, -0.2) is 0 Å². The molecule has 1 heterocycles. The number of ether oxygens (including phenoxy) is 1. The maximum atomic E-state index is 12.3. The van der Waals surface area contributed by atoms with E-state index < -0.39 is 5.60 Å². The van der Waals surface area contributed by atoms with Gasteiger partial charge in [0.15, 0.2) is 0 Å². The average molecular weight is 326 g/mol. The summed E-state index contributed by atoms with van der Waals surface area (Å²) >= 11 is 7.49. The lowest BCUT2D eigenvalue weighted by Gasteiger charge is -2.22. The minimum Gasteiger partial charge on any atom is -0.496 e. The van der Waals surface area contributed by atoms with E-state index in [1.807, 2.05) is 17.5 Å². The van der Waals surface area contributed by atoms with E-state index in [2.05, 4.69) is 5.32 Å². The highest BCUT2D eigenvalue weighted by Gasteiger charge is 2.26. The molecule has 0 saturated carbocycles. The first-order chi connectivity index (χ1) is 9.95. The van der Waals surface area contributed by atoms with Crippen molar-refractivity contribution in [1.82, 2.24) is 5.32 Å². The second-order valence-corrected chi connectivity index (χ2v) is 6.11. The fourth-order valence-electron chi connectivity index (χ4n) is 1.91. The zero-order valence-corrected chi connectivity index (χ0v) is 13.3. The first kappa shape index (κ1) is 15.8. The molecule has 1 aromatic carbocycles. The Labute approximate surface area is 132 Å². The zero-order chi connectivity index (χ0) is 15.5. The van der Waals surface area contributed by atoms with Gasteiger partial charge in [0.25, 0.3) is 5.91 Å². The van der Waals surface area contributed by atoms with E-state index in [9.17, 15) is 9.90 Å². The summed E-state index contributed by atoms with van der Waals surface area (Å²) in [6.07, 6.45) is 0. The molecule has 2 aromatic rings. The third-order valence-electron chi connectivity index (χ3n) is 3.07. The molecule has 0 aliphatic carbocycles. The van der Waals surface area contributed by atoms with Crippen molar-refractivity contribution in [3.63, 3.8) is 0 Å². The van der Waals surface area contributed by atoms with Gasteiger partial charge in [0.05, 0.1) is 24.2 Å². The molecule has 4 nitrogen and oxygen atoms in total. The average Bonchev–Trinajstić information content (AvgIpc) is 2.99. The summed E-state index contributed by atoms with van der Waals surface area (Å²) in [6, 6.07) is 8.68. The van der Waals surface area contributed by atoms with Gasteiger partial charge < -0.3 is 15.2 Å². The summed E-state index contributed by atoms with van der Waals surface area (Å²) in [5.41, 5.74) is -0.859. The van der Waals surface area contributed by atoms with Gasteiger partial charge in [0.1, 0.15) is 11.4 Å². The van der Waals surface area contributed by atoms with Gasteiger partial charge in [-0.05, 0) is 30.5 Å². The van der Waals surface area contributed by atoms with Crippen LogP contribution in [0.4, 0.5) is 0 Å². The lowest BCUT2D eigenvalue weighted by Crippen LogP contribution is -2.38. The Morgan fingerprint density at radius 2 is 2.19 bits per heavy atom. The van der Waals surface area contributed by atoms with Gasteiger partial charge in [0, 0.05) is 4.88 Å². The number of thiophene rings is 1. The molecule has 0 radical (unpaired) electrons. The molecule has 2 N–H and O–H groups in total. The van der Waals surface area contributed by atoms with Crippen LogP contribution in [0.3, 0.4) is 0 Å². The van der Waals surface area contributed by atoms with Crippen molar-refractivity contribution in [3.8, 4) is 5.75 Å². The van der Waals surface area contributed by atoms with Crippen LogP contribution in [0.2, 0.25) is 5.02 Å². The Morgan fingerprint density at radius 1 is 1.43 bits per heavy atom. The molecule has 1 aromatic heterocycles. The SMILES string of the molecule is COc1cccc(Cl)c1C(=O)NCC(C)(O)c1cccs1.